The van der Waals surface area contributed by atoms with Gasteiger partial charge in [-0.15, -0.1) is 0 Å². The molecule has 0 aliphatic carbocycles. The first-order valence-electron chi connectivity index (χ1n) is 8.23. The van der Waals surface area contributed by atoms with Crippen LogP contribution in [0.2, 0.25) is 0 Å². The molecule has 28 heavy (non-hydrogen) atoms. The Hall–Kier alpha value is -2.43. The summed E-state index contributed by atoms with van der Waals surface area (Å²) in [5.41, 5.74) is -0.850. The molecule has 0 spiro atoms. The number of amides is 1. The number of hydrogen-bond donors (Lipinski definition) is 0. The van der Waals surface area contributed by atoms with Crippen molar-refractivity contribution in [2.75, 3.05) is 31.1 Å². The highest BCUT2D eigenvalue weighted by Crippen LogP contribution is 2.30. The number of thioether (sulfide) groups is 1. The molecule has 1 amide bonds. The Labute approximate surface area is 161 Å². The van der Waals surface area contributed by atoms with Gasteiger partial charge in [-0.3, -0.25) is 4.79 Å². The van der Waals surface area contributed by atoms with Gasteiger partial charge >= 0.3 is 6.18 Å². The van der Waals surface area contributed by atoms with Crippen molar-refractivity contribution < 1.29 is 26.7 Å². The predicted octanol–water partition coefficient (Wildman–Crippen LogP) is 3.77. The maximum atomic E-state index is 12.8. The summed E-state index contributed by atoms with van der Waals surface area (Å²) in [6.07, 6.45) is -3.71. The summed E-state index contributed by atoms with van der Waals surface area (Å²) in [6.45, 7) is 1.00. The van der Waals surface area contributed by atoms with Gasteiger partial charge in [-0.2, -0.15) is 22.0 Å². The first kappa shape index (κ1) is 20.3. The molecule has 0 N–H and O–H groups in total. The highest BCUT2D eigenvalue weighted by Gasteiger charge is 2.33. The quantitative estimate of drug-likeness (QED) is 0.559. The van der Waals surface area contributed by atoms with E-state index in [1.165, 1.54) is 17.0 Å². The number of anilines is 1. The number of benzene rings is 1. The Kier molecular flexibility index (Phi) is 6.01. The zero-order valence-electron chi connectivity index (χ0n) is 14.4. The summed E-state index contributed by atoms with van der Waals surface area (Å²) in [7, 11) is 0. The van der Waals surface area contributed by atoms with Gasteiger partial charge in [0, 0.05) is 37.1 Å². The van der Waals surface area contributed by atoms with E-state index >= 15 is 0 Å². The van der Waals surface area contributed by atoms with Crippen molar-refractivity contribution in [2.45, 2.75) is 16.8 Å². The van der Waals surface area contributed by atoms with E-state index in [9.17, 15) is 26.7 Å². The van der Waals surface area contributed by atoms with Crippen LogP contribution in [-0.2, 0) is 6.18 Å². The molecule has 1 fully saturated rings. The minimum absolute atomic E-state index is 0.128. The number of halogens is 5. The van der Waals surface area contributed by atoms with E-state index in [1.807, 2.05) is 0 Å². The molecule has 0 unspecified atom stereocenters. The van der Waals surface area contributed by atoms with Crippen LogP contribution in [-0.4, -0.2) is 52.7 Å². The van der Waals surface area contributed by atoms with E-state index < -0.39 is 17.6 Å². The third-order valence-corrected chi connectivity index (χ3v) is 4.96. The Morgan fingerprint density at radius 3 is 2.39 bits per heavy atom. The van der Waals surface area contributed by atoms with Gasteiger partial charge in [-0.25, -0.2) is 9.97 Å². The normalized spacial score (nSPS) is 15.2. The van der Waals surface area contributed by atoms with Crippen molar-refractivity contribution in [2.24, 2.45) is 0 Å². The molecule has 1 aliphatic rings. The molecular formula is C17H15F5N4OS. The van der Waals surface area contributed by atoms with Gasteiger partial charge < -0.3 is 9.80 Å². The number of alkyl halides is 5. The molecule has 11 heteroatoms. The minimum atomic E-state index is -4.57. The highest BCUT2D eigenvalue weighted by atomic mass is 32.2. The largest absolute Gasteiger partial charge is 0.433 e. The standard InChI is InChI=1S/C17H15F5N4OS/c18-16(19)28-12-4-2-1-3-11(12)15(27)26-7-5-25(6-8-26)14-9-13(17(20,21)22)23-10-24-14/h1-4,9-10,16H,5-8H2. The van der Waals surface area contributed by atoms with Gasteiger partial charge in [0.05, 0.1) is 5.56 Å². The lowest BCUT2D eigenvalue weighted by molar-refractivity contribution is -0.141. The summed E-state index contributed by atoms with van der Waals surface area (Å²) >= 11 is 0.304. The number of carbonyl (C=O) groups is 1. The summed E-state index contributed by atoms with van der Waals surface area (Å²) in [5, 5.41) is 0. The maximum Gasteiger partial charge on any atom is 0.433 e. The Morgan fingerprint density at radius 1 is 1.07 bits per heavy atom. The highest BCUT2D eigenvalue weighted by molar-refractivity contribution is 7.99. The molecule has 2 heterocycles. The van der Waals surface area contributed by atoms with Gasteiger partial charge in [-0.05, 0) is 12.1 Å². The second-order valence-corrected chi connectivity index (χ2v) is 6.94. The fourth-order valence-electron chi connectivity index (χ4n) is 2.83. The van der Waals surface area contributed by atoms with E-state index in [1.54, 1.807) is 17.0 Å². The van der Waals surface area contributed by atoms with Crippen molar-refractivity contribution >= 4 is 23.5 Å². The fourth-order valence-corrected chi connectivity index (χ4v) is 3.46. The van der Waals surface area contributed by atoms with Crippen molar-refractivity contribution in [3.8, 4) is 0 Å². The van der Waals surface area contributed by atoms with Crippen LogP contribution in [0.1, 0.15) is 16.1 Å². The van der Waals surface area contributed by atoms with Crippen LogP contribution < -0.4 is 4.90 Å². The molecule has 5 nitrogen and oxygen atoms in total. The third-order valence-electron chi connectivity index (χ3n) is 4.17. The molecule has 1 saturated heterocycles. The van der Waals surface area contributed by atoms with E-state index in [2.05, 4.69) is 9.97 Å². The first-order chi connectivity index (χ1) is 13.3. The van der Waals surface area contributed by atoms with E-state index in [0.717, 1.165) is 12.4 Å². The van der Waals surface area contributed by atoms with E-state index in [0.29, 0.717) is 11.8 Å². The van der Waals surface area contributed by atoms with Crippen LogP contribution in [0.3, 0.4) is 0 Å². The number of aromatic nitrogens is 2. The second-order valence-electron chi connectivity index (χ2n) is 5.91. The first-order valence-corrected chi connectivity index (χ1v) is 9.11. The average Bonchev–Trinajstić information content (AvgIpc) is 2.67. The van der Waals surface area contributed by atoms with Gasteiger partial charge in [0.15, 0.2) is 0 Å². The smallest absolute Gasteiger partial charge is 0.353 e. The summed E-state index contributed by atoms with van der Waals surface area (Å²) in [5.74, 6) is -2.91. The molecular weight excluding hydrogens is 403 g/mol. The summed E-state index contributed by atoms with van der Waals surface area (Å²) in [6, 6.07) is 6.98. The third kappa shape index (κ3) is 4.70. The lowest BCUT2D eigenvalue weighted by Gasteiger charge is -2.35. The van der Waals surface area contributed by atoms with Crippen molar-refractivity contribution in [3.63, 3.8) is 0 Å². The van der Waals surface area contributed by atoms with Crippen LogP contribution in [0, 0.1) is 0 Å². The van der Waals surface area contributed by atoms with Gasteiger partial charge in [0.1, 0.15) is 17.8 Å². The Balaban J connectivity index is 1.69. The zero-order chi connectivity index (χ0) is 20.3. The minimum Gasteiger partial charge on any atom is -0.353 e. The van der Waals surface area contributed by atoms with Crippen LogP contribution in [0.15, 0.2) is 41.6 Å². The predicted molar refractivity (Wildman–Crippen MR) is 93.5 cm³/mol. The van der Waals surface area contributed by atoms with Crippen molar-refractivity contribution in [1.82, 2.24) is 14.9 Å². The number of piperazine rings is 1. The van der Waals surface area contributed by atoms with Crippen LogP contribution in [0.4, 0.5) is 27.8 Å². The Morgan fingerprint density at radius 2 is 1.75 bits per heavy atom. The molecule has 1 aromatic carbocycles. The summed E-state index contributed by atoms with van der Waals surface area (Å²) in [4.78, 5) is 23.1. The van der Waals surface area contributed by atoms with Gasteiger partial charge in [0.25, 0.3) is 11.7 Å². The van der Waals surface area contributed by atoms with E-state index in [-0.39, 0.29) is 48.4 Å². The topological polar surface area (TPSA) is 49.3 Å². The van der Waals surface area contributed by atoms with Crippen LogP contribution >= 0.6 is 11.8 Å². The number of hydrogen-bond acceptors (Lipinski definition) is 5. The average molecular weight is 418 g/mol. The monoisotopic (exact) mass is 418 g/mol. The second kappa shape index (κ2) is 8.29. The molecule has 150 valence electrons. The number of carbonyl (C=O) groups excluding carboxylic acids is 1. The SMILES string of the molecule is O=C(c1ccccc1SC(F)F)N1CCN(c2cc(C(F)(F)F)ncn2)CC1. The lowest BCUT2D eigenvalue weighted by atomic mass is 10.2. The lowest BCUT2D eigenvalue weighted by Crippen LogP contribution is -2.49. The molecule has 3 rings (SSSR count). The molecule has 2 aromatic rings. The van der Waals surface area contributed by atoms with Crippen molar-refractivity contribution in [1.29, 1.82) is 0 Å². The zero-order valence-corrected chi connectivity index (χ0v) is 15.2. The fraction of sp³-hybridized carbons (Fsp3) is 0.353. The molecule has 1 aromatic heterocycles. The van der Waals surface area contributed by atoms with Crippen molar-refractivity contribution in [3.05, 3.63) is 47.9 Å². The molecule has 0 saturated carbocycles. The Bertz CT molecular complexity index is 840. The molecule has 0 atom stereocenters. The summed E-state index contributed by atoms with van der Waals surface area (Å²) < 4.78 is 63.8. The molecule has 0 radical (unpaired) electrons. The van der Waals surface area contributed by atoms with E-state index in [4.69, 9.17) is 0 Å². The van der Waals surface area contributed by atoms with Gasteiger partial charge in [-0.1, -0.05) is 23.9 Å². The van der Waals surface area contributed by atoms with Crippen LogP contribution in [0.25, 0.3) is 0 Å². The van der Waals surface area contributed by atoms with Gasteiger partial charge in [0.2, 0.25) is 0 Å². The van der Waals surface area contributed by atoms with Crippen LogP contribution in [0.5, 0.6) is 0 Å². The number of rotatable bonds is 4. The number of nitrogens with zero attached hydrogens (tertiary/aromatic N) is 4. The molecule has 1 aliphatic heterocycles. The molecule has 0 bridgehead atoms. The maximum absolute atomic E-state index is 12.8.